The van der Waals surface area contributed by atoms with E-state index in [-0.39, 0.29) is 36.1 Å². The molecular weight excluding hydrogens is 308 g/mol. The Labute approximate surface area is 138 Å². The maximum Gasteiger partial charge on any atom is 0.263 e. The minimum Gasteiger partial charge on any atom is -0.462 e. The van der Waals surface area contributed by atoms with Crippen molar-refractivity contribution in [1.82, 2.24) is 5.16 Å². The zero-order chi connectivity index (χ0) is 16.7. The molecule has 0 N–H and O–H groups in total. The average molecular weight is 324 g/mol. The van der Waals surface area contributed by atoms with Gasteiger partial charge in [-0.2, -0.15) is 0 Å². The van der Waals surface area contributed by atoms with Gasteiger partial charge in [-0.3, -0.25) is 14.5 Å². The monoisotopic (exact) mass is 324 g/mol. The molecule has 6 heteroatoms. The summed E-state index contributed by atoms with van der Waals surface area (Å²) in [5.74, 6) is 2.06. The molecular formula is C18H16N2O4. The van der Waals surface area contributed by atoms with E-state index in [0.29, 0.717) is 16.7 Å². The average Bonchev–Trinajstić information content (AvgIpc) is 3.12. The molecule has 122 valence electrons. The summed E-state index contributed by atoms with van der Waals surface area (Å²) in [6.45, 7) is 0.0670. The third-order valence-corrected chi connectivity index (χ3v) is 4.81. The van der Waals surface area contributed by atoms with E-state index in [4.69, 9.17) is 15.7 Å². The van der Waals surface area contributed by atoms with Crippen LogP contribution in [0.1, 0.15) is 25.7 Å². The largest absolute Gasteiger partial charge is 0.462 e. The lowest BCUT2D eigenvalue weighted by molar-refractivity contribution is -0.122. The van der Waals surface area contributed by atoms with Crippen molar-refractivity contribution in [2.45, 2.75) is 25.7 Å². The Bertz CT molecular complexity index is 840. The number of carbonyl (C=O) groups is 2. The molecule has 1 aromatic carbocycles. The standard InChI is InChI=1S/C18H16N2O4/c1-2-9-23-16-14-10-11(7-8-15(14)24-19-16)20-17(21)12-5-3-4-6-13(12)18(20)22/h1,7-8,10,12-13H,3-6,9H2. The maximum atomic E-state index is 12.7. The van der Waals surface area contributed by atoms with Gasteiger partial charge in [0.25, 0.3) is 5.88 Å². The van der Waals surface area contributed by atoms with E-state index >= 15 is 0 Å². The third kappa shape index (κ3) is 2.16. The lowest BCUT2D eigenvalue weighted by Crippen LogP contribution is -2.30. The maximum absolute atomic E-state index is 12.7. The van der Waals surface area contributed by atoms with Gasteiger partial charge in [0.05, 0.1) is 22.9 Å². The number of hydrogen-bond acceptors (Lipinski definition) is 5. The number of rotatable bonds is 3. The molecule has 2 aliphatic rings. The minimum atomic E-state index is -0.179. The lowest BCUT2D eigenvalue weighted by atomic mass is 9.81. The Morgan fingerprint density at radius 1 is 1.25 bits per heavy atom. The van der Waals surface area contributed by atoms with E-state index in [1.807, 2.05) is 0 Å². The van der Waals surface area contributed by atoms with Crippen LogP contribution < -0.4 is 9.64 Å². The summed E-state index contributed by atoms with van der Waals surface area (Å²) in [4.78, 5) is 26.7. The molecule has 0 radical (unpaired) electrons. The number of imide groups is 1. The van der Waals surface area contributed by atoms with Gasteiger partial charge in [-0.15, -0.1) is 6.42 Å². The highest BCUT2D eigenvalue weighted by Gasteiger charge is 2.48. The number of amides is 2. The molecule has 2 fully saturated rings. The predicted octanol–water partition coefficient (Wildman–Crippen LogP) is 2.52. The van der Waals surface area contributed by atoms with Crippen LogP contribution in [0.15, 0.2) is 22.7 Å². The molecule has 1 aliphatic heterocycles. The quantitative estimate of drug-likeness (QED) is 0.641. The van der Waals surface area contributed by atoms with Gasteiger partial charge in [-0.25, -0.2) is 0 Å². The van der Waals surface area contributed by atoms with Crippen molar-refractivity contribution in [3.63, 3.8) is 0 Å². The molecule has 0 bridgehead atoms. The molecule has 2 atom stereocenters. The molecule has 2 aromatic rings. The van der Waals surface area contributed by atoms with Crippen molar-refractivity contribution in [3.8, 4) is 18.2 Å². The number of ether oxygens (including phenoxy) is 1. The van der Waals surface area contributed by atoms with E-state index < -0.39 is 0 Å². The topological polar surface area (TPSA) is 72.6 Å². The fourth-order valence-corrected chi connectivity index (χ4v) is 3.67. The van der Waals surface area contributed by atoms with Crippen molar-refractivity contribution >= 4 is 28.5 Å². The third-order valence-electron chi connectivity index (χ3n) is 4.81. The number of benzene rings is 1. The number of terminal acetylenes is 1. The van der Waals surface area contributed by atoms with Crippen LogP contribution in [0.25, 0.3) is 11.0 Å². The van der Waals surface area contributed by atoms with Gasteiger partial charge in [0.15, 0.2) is 12.2 Å². The van der Waals surface area contributed by atoms with Crippen LogP contribution in [-0.4, -0.2) is 23.6 Å². The van der Waals surface area contributed by atoms with Gasteiger partial charge in [-0.1, -0.05) is 18.8 Å². The molecule has 2 heterocycles. The smallest absolute Gasteiger partial charge is 0.263 e. The van der Waals surface area contributed by atoms with E-state index in [9.17, 15) is 9.59 Å². The fourth-order valence-electron chi connectivity index (χ4n) is 3.67. The first kappa shape index (κ1) is 14.8. The van der Waals surface area contributed by atoms with Crippen LogP contribution in [-0.2, 0) is 9.59 Å². The normalized spacial score (nSPS) is 23.4. The van der Waals surface area contributed by atoms with Gasteiger partial charge in [0.1, 0.15) is 0 Å². The lowest BCUT2D eigenvalue weighted by Gasteiger charge is -2.19. The zero-order valence-corrected chi connectivity index (χ0v) is 13.0. The minimum absolute atomic E-state index is 0.0670. The van der Waals surface area contributed by atoms with Crippen molar-refractivity contribution in [2.24, 2.45) is 11.8 Å². The molecule has 1 aromatic heterocycles. The number of anilines is 1. The summed E-state index contributed by atoms with van der Waals surface area (Å²) in [6, 6.07) is 5.08. The summed E-state index contributed by atoms with van der Waals surface area (Å²) in [6.07, 6.45) is 8.78. The molecule has 1 saturated heterocycles. The SMILES string of the molecule is C#CCOc1noc2ccc(N3C(=O)C4CCCCC4C3=O)cc12. The molecule has 1 aliphatic carbocycles. The number of fused-ring (bicyclic) bond motifs is 2. The molecule has 4 rings (SSSR count). The Morgan fingerprint density at radius 3 is 2.62 bits per heavy atom. The second-order valence-electron chi connectivity index (χ2n) is 6.17. The highest BCUT2D eigenvalue weighted by molar-refractivity contribution is 6.22. The Balaban J connectivity index is 1.72. The summed E-state index contributed by atoms with van der Waals surface area (Å²) < 4.78 is 10.5. The number of aromatic nitrogens is 1. The van der Waals surface area contributed by atoms with E-state index in [1.54, 1.807) is 18.2 Å². The first-order chi connectivity index (χ1) is 11.7. The van der Waals surface area contributed by atoms with Gasteiger partial charge < -0.3 is 9.26 Å². The van der Waals surface area contributed by atoms with Crippen LogP contribution in [0.3, 0.4) is 0 Å². The van der Waals surface area contributed by atoms with Crippen molar-refractivity contribution in [1.29, 1.82) is 0 Å². The summed E-state index contributed by atoms with van der Waals surface area (Å²) in [5, 5.41) is 4.43. The van der Waals surface area contributed by atoms with Gasteiger partial charge in [0, 0.05) is 0 Å². The van der Waals surface area contributed by atoms with Crippen LogP contribution in [0.4, 0.5) is 5.69 Å². The molecule has 1 saturated carbocycles. The van der Waals surface area contributed by atoms with Crippen LogP contribution in [0.5, 0.6) is 5.88 Å². The molecule has 2 unspecified atom stereocenters. The van der Waals surface area contributed by atoms with Gasteiger partial charge >= 0.3 is 0 Å². The fraction of sp³-hybridized carbons (Fsp3) is 0.389. The van der Waals surface area contributed by atoms with Crippen LogP contribution in [0.2, 0.25) is 0 Å². The van der Waals surface area contributed by atoms with Crippen molar-refractivity contribution in [3.05, 3.63) is 18.2 Å². The number of hydrogen-bond donors (Lipinski definition) is 0. The Kier molecular flexibility index (Phi) is 3.49. The second-order valence-corrected chi connectivity index (χ2v) is 6.17. The van der Waals surface area contributed by atoms with Gasteiger partial charge in [0.2, 0.25) is 11.8 Å². The molecule has 2 amide bonds. The highest BCUT2D eigenvalue weighted by atomic mass is 16.5. The Morgan fingerprint density at radius 2 is 1.96 bits per heavy atom. The first-order valence-corrected chi connectivity index (χ1v) is 8.04. The number of carbonyl (C=O) groups excluding carboxylic acids is 2. The van der Waals surface area contributed by atoms with Crippen LogP contribution in [0, 0.1) is 24.2 Å². The molecule has 24 heavy (non-hydrogen) atoms. The van der Waals surface area contributed by atoms with Crippen molar-refractivity contribution in [2.75, 3.05) is 11.5 Å². The summed E-state index contributed by atoms with van der Waals surface area (Å²) >= 11 is 0. The van der Waals surface area contributed by atoms with E-state index in [0.717, 1.165) is 25.7 Å². The first-order valence-electron chi connectivity index (χ1n) is 8.04. The van der Waals surface area contributed by atoms with Crippen molar-refractivity contribution < 1.29 is 18.8 Å². The van der Waals surface area contributed by atoms with Crippen LogP contribution >= 0.6 is 0 Å². The molecule has 0 spiro atoms. The molecule has 6 nitrogen and oxygen atoms in total. The second kappa shape index (κ2) is 5.68. The predicted molar refractivity (Wildman–Crippen MR) is 86.3 cm³/mol. The van der Waals surface area contributed by atoms with E-state index in [2.05, 4.69) is 11.1 Å². The van der Waals surface area contributed by atoms with E-state index in [1.165, 1.54) is 4.90 Å². The van der Waals surface area contributed by atoms with Gasteiger partial charge in [-0.05, 0) is 36.2 Å². The summed E-state index contributed by atoms with van der Waals surface area (Å²) in [7, 11) is 0. The summed E-state index contributed by atoms with van der Waals surface area (Å²) in [5.41, 5.74) is 1.04. The number of nitrogens with zero attached hydrogens (tertiary/aromatic N) is 2. The highest BCUT2D eigenvalue weighted by Crippen LogP contribution is 2.41. The zero-order valence-electron chi connectivity index (χ0n) is 13.0. The Hall–Kier alpha value is -2.81.